The Kier molecular flexibility index (Phi) is 7.78. The highest BCUT2D eigenvalue weighted by atomic mass is 19.4. The van der Waals surface area contributed by atoms with Crippen molar-refractivity contribution in [3.63, 3.8) is 0 Å². The predicted molar refractivity (Wildman–Crippen MR) is 142 cm³/mol. The molecule has 0 saturated heterocycles. The Morgan fingerprint density at radius 1 is 1.05 bits per heavy atom. The lowest BCUT2D eigenvalue weighted by Gasteiger charge is -2.32. The molecule has 1 saturated carbocycles. The van der Waals surface area contributed by atoms with Crippen LogP contribution in [0.5, 0.6) is 11.5 Å². The predicted octanol–water partition coefficient (Wildman–Crippen LogP) is 6.21. The first-order chi connectivity index (χ1) is 18.2. The highest BCUT2D eigenvalue weighted by Crippen LogP contribution is 2.44. The van der Waals surface area contributed by atoms with Gasteiger partial charge >= 0.3 is 6.18 Å². The van der Waals surface area contributed by atoms with Gasteiger partial charge in [0, 0.05) is 23.1 Å². The van der Waals surface area contributed by atoms with Crippen molar-refractivity contribution in [3.8, 4) is 22.8 Å². The smallest absolute Gasteiger partial charge is 0.422 e. The van der Waals surface area contributed by atoms with Crippen LogP contribution in [-0.2, 0) is 11.1 Å². The number of rotatable bonds is 10. The summed E-state index contributed by atoms with van der Waals surface area (Å²) in [5.41, 5.74) is 3.56. The number of carbonyl (C=O) groups is 1. The molecule has 3 aromatic rings. The molecule has 1 aromatic heterocycles. The molecule has 0 radical (unpaired) electrons. The molecule has 39 heavy (non-hydrogen) atoms. The van der Waals surface area contributed by atoms with Crippen molar-refractivity contribution in [1.29, 1.82) is 0 Å². The second-order valence-electron chi connectivity index (χ2n) is 10.7. The highest BCUT2D eigenvalue weighted by molar-refractivity contribution is 5.96. The van der Waals surface area contributed by atoms with Crippen molar-refractivity contribution >= 4 is 5.78 Å². The Morgan fingerprint density at radius 2 is 1.72 bits per heavy atom. The molecular formula is C30H33F3N2O4. The molecule has 208 valence electrons. The molecule has 1 atom stereocenters. The van der Waals surface area contributed by atoms with E-state index in [0.29, 0.717) is 22.6 Å². The molecule has 1 fully saturated rings. The lowest BCUT2D eigenvalue weighted by molar-refractivity contribution is -0.270. The maximum atomic E-state index is 14.5. The molecular weight excluding hydrogens is 509 g/mol. The van der Waals surface area contributed by atoms with E-state index in [9.17, 15) is 23.1 Å². The van der Waals surface area contributed by atoms with Crippen LogP contribution in [-0.4, -0.2) is 35.3 Å². The number of pyridine rings is 1. The van der Waals surface area contributed by atoms with Gasteiger partial charge in [-0.05, 0) is 75.9 Å². The number of aromatic nitrogens is 1. The minimum Gasteiger partial charge on any atom is -0.493 e. The molecule has 1 heterocycles. The molecule has 0 bridgehead atoms. The van der Waals surface area contributed by atoms with Gasteiger partial charge in [0.1, 0.15) is 0 Å². The van der Waals surface area contributed by atoms with Crippen LogP contribution in [0.25, 0.3) is 11.3 Å². The highest BCUT2D eigenvalue weighted by Gasteiger charge is 2.56. The number of carbonyl (C=O) groups excluding carboxylic acids is 1. The van der Waals surface area contributed by atoms with Gasteiger partial charge in [-0.15, -0.1) is 0 Å². The number of Topliss-reactive ketones (excluding diaryl/α,β-unsaturated/α-hetero) is 1. The van der Waals surface area contributed by atoms with E-state index < -0.39 is 41.6 Å². The van der Waals surface area contributed by atoms with Gasteiger partial charge in [-0.3, -0.25) is 4.79 Å². The van der Waals surface area contributed by atoms with Gasteiger partial charge in [0.05, 0.1) is 24.6 Å². The van der Waals surface area contributed by atoms with Crippen LogP contribution < -0.4 is 15.2 Å². The van der Waals surface area contributed by atoms with Crippen LogP contribution in [0.3, 0.4) is 0 Å². The van der Waals surface area contributed by atoms with E-state index in [4.69, 9.17) is 15.2 Å². The van der Waals surface area contributed by atoms with E-state index in [1.165, 1.54) is 25.3 Å². The standard InChI is InChI=1S/C30H33F3N2O4/c1-18-5-7-19(8-6-18)23-16-21(28(2,3)34)17-27(35-23)29(37,30(31,32)33)14-13-24(36)20-9-12-25(26(15-20)38-4)39-22-10-11-22/h5-9,12,15-17,22,37H,10-11,13-14,34H2,1-4H3. The van der Waals surface area contributed by atoms with Gasteiger partial charge < -0.3 is 20.3 Å². The molecule has 4 rings (SSSR count). The van der Waals surface area contributed by atoms with E-state index in [2.05, 4.69) is 4.98 Å². The van der Waals surface area contributed by atoms with Crippen molar-refractivity contribution < 1.29 is 32.5 Å². The van der Waals surface area contributed by atoms with E-state index in [0.717, 1.165) is 18.4 Å². The van der Waals surface area contributed by atoms with Gasteiger partial charge in [-0.1, -0.05) is 29.8 Å². The van der Waals surface area contributed by atoms with Crippen LogP contribution in [0.4, 0.5) is 13.2 Å². The number of hydrogen-bond acceptors (Lipinski definition) is 6. The van der Waals surface area contributed by atoms with E-state index in [1.54, 1.807) is 38.1 Å². The second kappa shape index (κ2) is 10.6. The zero-order valence-electron chi connectivity index (χ0n) is 22.4. The molecule has 1 unspecified atom stereocenters. The van der Waals surface area contributed by atoms with Crippen LogP contribution >= 0.6 is 0 Å². The first-order valence-corrected chi connectivity index (χ1v) is 12.8. The zero-order chi connectivity index (χ0) is 28.6. The Labute approximate surface area is 226 Å². The van der Waals surface area contributed by atoms with E-state index >= 15 is 0 Å². The minimum atomic E-state index is -5.11. The van der Waals surface area contributed by atoms with Crippen molar-refractivity contribution in [2.24, 2.45) is 5.73 Å². The number of methoxy groups -OCH3 is 1. The Bertz CT molecular complexity index is 1350. The first-order valence-electron chi connectivity index (χ1n) is 12.8. The third kappa shape index (κ3) is 6.42. The summed E-state index contributed by atoms with van der Waals surface area (Å²) in [6, 6.07) is 14.4. The zero-order valence-corrected chi connectivity index (χ0v) is 22.4. The van der Waals surface area contributed by atoms with Crippen LogP contribution in [0.1, 0.15) is 66.7 Å². The van der Waals surface area contributed by atoms with Gasteiger partial charge in [0.15, 0.2) is 17.3 Å². The van der Waals surface area contributed by atoms with Crippen molar-refractivity contribution in [1.82, 2.24) is 4.98 Å². The van der Waals surface area contributed by atoms with Crippen LogP contribution in [0.2, 0.25) is 0 Å². The SMILES string of the molecule is COc1cc(C(=O)CCC(O)(c2cc(C(C)(C)N)cc(-c3ccc(C)cc3)n2)C(F)(F)F)ccc1OC1CC1. The monoisotopic (exact) mass is 542 g/mol. The third-order valence-corrected chi connectivity index (χ3v) is 6.83. The number of aliphatic hydroxyl groups is 1. The third-order valence-electron chi connectivity index (χ3n) is 6.83. The lowest BCUT2D eigenvalue weighted by Crippen LogP contribution is -2.44. The maximum absolute atomic E-state index is 14.5. The number of alkyl halides is 3. The van der Waals surface area contributed by atoms with E-state index in [-0.39, 0.29) is 17.4 Å². The van der Waals surface area contributed by atoms with Gasteiger partial charge in [0.25, 0.3) is 0 Å². The summed E-state index contributed by atoms with van der Waals surface area (Å²) < 4.78 is 54.5. The summed E-state index contributed by atoms with van der Waals surface area (Å²) in [6.07, 6.45) is -4.65. The quantitative estimate of drug-likeness (QED) is 0.296. The van der Waals surface area contributed by atoms with Crippen molar-refractivity contribution in [2.45, 2.75) is 69.9 Å². The summed E-state index contributed by atoms with van der Waals surface area (Å²) in [5, 5.41) is 11.1. The molecule has 6 nitrogen and oxygen atoms in total. The molecule has 0 spiro atoms. The normalized spacial score (nSPS) is 15.5. The number of aryl methyl sites for hydroxylation is 1. The number of halogens is 3. The molecule has 1 aliphatic rings. The molecule has 9 heteroatoms. The fourth-order valence-corrected chi connectivity index (χ4v) is 4.14. The largest absolute Gasteiger partial charge is 0.493 e. The summed E-state index contributed by atoms with van der Waals surface area (Å²) in [4.78, 5) is 17.2. The van der Waals surface area contributed by atoms with E-state index in [1.807, 2.05) is 19.1 Å². The Morgan fingerprint density at radius 3 is 2.28 bits per heavy atom. The topological polar surface area (TPSA) is 94.7 Å². The molecule has 1 aliphatic carbocycles. The number of ketones is 1. The summed E-state index contributed by atoms with van der Waals surface area (Å²) in [6.45, 7) is 5.21. The molecule has 0 amide bonds. The summed E-state index contributed by atoms with van der Waals surface area (Å²) >= 11 is 0. The molecule has 0 aliphatic heterocycles. The number of ether oxygens (including phenoxy) is 2. The van der Waals surface area contributed by atoms with Crippen molar-refractivity contribution in [2.75, 3.05) is 7.11 Å². The maximum Gasteiger partial charge on any atom is 0.422 e. The average molecular weight is 543 g/mol. The number of nitrogens with zero attached hydrogens (tertiary/aromatic N) is 1. The Balaban J connectivity index is 1.67. The van der Waals surface area contributed by atoms with Gasteiger partial charge in [0.2, 0.25) is 5.60 Å². The van der Waals surface area contributed by atoms with Crippen molar-refractivity contribution in [3.05, 3.63) is 77.0 Å². The molecule has 3 N–H and O–H groups in total. The lowest BCUT2D eigenvalue weighted by atomic mass is 9.86. The summed E-state index contributed by atoms with van der Waals surface area (Å²) in [7, 11) is 1.43. The van der Waals surface area contributed by atoms with Crippen LogP contribution in [0, 0.1) is 6.92 Å². The molecule has 2 aromatic carbocycles. The number of hydrogen-bond donors (Lipinski definition) is 2. The number of benzene rings is 2. The van der Waals surface area contributed by atoms with Gasteiger partial charge in [-0.2, -0.15) is 13.2 Å². The van der Waals surface area contributed by atoms with Crippen LogP contribution in [0.15, 0.2) is 54.6 Å². The van der Waals surface area contributed by atoms with Gasteiger partial charge in [-0.25, -0.2) is 4.98 Å². The second-order valence-corrected chi connectivity index (χ2v) is 10.7. The summed E-state index contributed by atoms with van der Waals surface area (Å²) in [5.74, 6) is 0.210. The number of nitrogens with two attached hydrogens (primary N) is 1. The fourth-order valence-electron chi connectivity index (χ4n) is 4.14. The Hall–Kier alpha value is -3.43. The minimum absolute atomic E-state index is 0.105. The first kappa shape index (κ1) is 28.6. The average Bonchev–Trinajstić information content (AvgIpc) is 3.70. The fraction of sp³-hybridized carbons (Fsp3) is 0.400.